The first-order valence-corrected chi connectivity index (χ1v) is 13.7. The van der Waals surface area contributed by atoms with Gasteiger partial charge in [-0.2, -0.15) is 5.26 Å². The molecule has 1 aromatic carbocycles. The molecule has 0 amide bonds. The molecule has 2 aliphatic rings. The summed E-state index contributed by atoms with van der Waals surface area (Å²) in [6.07, 6.45) is 23.2. The Kier molecular flexibility index (Phi) is 11.5. The summed E-state index contributed by atoms with van der Waals surface area (Å²) in [5.41, 5.74) is 2.90. The first-order chi connectivity index (χ1) is 16.7. The molecule has 0 heterocycles. The van der Waals surface area contributed by atoms with Crippen LogP contribution in [0.5, 0.6) is 0 Å². The van der Waals surface area contributed by atoms with Gasteiger partial charge in [0, 0.05) is 6.08 Å². The van der Waals surface area contributed by atoms with Crippen molar-refractivity contribution in [3.05, 3.63) is 59.7 Å². The summed E-state index contributed by atoms with van der Waals surface area (Å²) in [5.74, 6) is 1.47. The summed E-state index contributed by atoms with van der Waals surface area (Å²) < 4.78 is 5.96. The lowest BCUT2D eigenvalue weighted by atomic mass is 9.78. The molecular formula is C31H43NO2. The van der Waals surface area contributed by atoms with E-state index in [9.17, 15) is 4.79 Å². The van der Waals surface area contributed by atoms with Crippen LogP contribution in [-0.4, -0.2) is 12.1 Å². The molecule has 0 radical (unpaired) electrons. The van der Waals surface area contributed by atoms with Gasteiger partial charge in [0.15, 0.2) is 0 Å². The second-order valence-electron chi connectivity index (χ2n) is 10.3. The van der Waals surface area contributed by atoms with E-state index in [1.54, 1.807) is 6.08 Å². The fraction of sp³-hybridized carbons (Fsp3) is 0.613. The van der Waals surface area contributed by atoms with E-state index in [0.717, 1.165) is 63.7 Å². The minimum absolute atomic E-state index is 0.0559. The van der Waals surface area contributed by atoms with E-state index in [2.05, 4.69) is 37.3 Å². The maximum absolute atomic E-state index is 12.8. The van der Waals surface area contributed by atoms with Gasteiger partial charge in [-0.25, -0.2) is 0 Å². The molecule has 184 valence electrons. The monoisotopic (exact) mass is 461 g/mol. The summed E-state index contributed by atoms with van der Waals surface area (Å²) in [4.78, 5) is 12.8. The van der Waals surface area contributed by atoms with Crippen molar-refractivity contribution in [3.8, 4) is 6.07 Å². The molecule has 34 heavy (non-hydrogen) atoms. The number of benzene rings is 1. The topological polar surface area (TPSA) is 50.1 Å². The SMILES string of the molecule is CCCCCc1ccc([C@H]2CC[C@H](C(=O)O[C@H]3CC[C@H](CCC=CC=CC#N)CC3)CC2)cc1. The Hall–Kier alpha value is -2.34. The average molecular weight is 462 g/mol. The summed E-state index contributed by atoms with van der Waals surface area (Å²) in [5, 5.41) is 8.49. The lowest BCUT2D eigenvalue weighted by Gasteiger charge is -2.31. The minimum atomic E-state index is 0.0559. The third-order valence-corrected chi connectivity index (χ3v) is 7.82. The quantitative estimate of drug-likeness (QED) is 0.144. The number of carbonyl (C=O) groups is 1. The summed E-state index contributed by atoms with van der Waals surface area (Å²) in [6.45, 7) is 2.25. The largest absolute Gasteiger partial charge is 0.462 e. The lowest BCUT2D eigenvalue weighted by molar-refractivity contribution is -0.157. The van der Waals surface area contributed by atoms with E-state index in [-0.39, 0.29) is 18.0 Å². The molecule has 0 aliphatic heterocycles. The van der Waals surface area contributed by atoms with Gasteiger partial charge < -0.3 is 4.74 Å². The van der Waals surface area contributed by atoms with Gasteiger partial charge >= 0.3 is 5.97 Å². The molecule has 3 heteroatoms. The van der Waals surface area contributed by atoms with Gasteiger partial charge in [0.05, 0.1) is 12.0 Å². The standard InChI is InChI=1S/C31H43NO2/c1-2-3-7-10-25-12-16-27(17-13-25)28-18-20-29(21-19-28)31(33)34-30-22-14-26(15-23-30)11-8-5-4-6-9-24-32/h4-6,9,12-13,16-17,26,28-30H,2-3,7-8,10-11,14-15,18-23H2,1H3/t26-,28-,29-,30-. The summed E-state index contributed by atoms with van der Waals surface area (Å²) >= 11 is 0. The Morgan fingerprint density at radius 3 is 2.41 bits per heavy atom. The van der Waals surface area contributed by atoms with Crippen LogP contribution in [0.1, 0.15) is 107 Å². The minimum Gasteiger partial charge on any atom is -0.462 e. The number of esters is 1. The highest BCUT2D eigenvalue weighted by Crippen LogP contribution is 2.37. The number of unbranched alkanes of at least 4 members (excludes halogenated alkanes) is 2. The van der Waals surface area contributed by atoms with Gasteiger partial charge in [0.2, 0.25) is 0 Å². The number of carbonyl (C=O) groups excluding carboxylic acids is 1. The number of rotatable bonds is 11. The average Bonchev–Trinajstić information content (AvgIpc) is 2.88. The highest BCUT2D eigenvalue weighted by atomic mass is 16.5. The van der Waals surface area contributed by atoms with Crippen LogP contribution in [0.3, 0.4) is 0 Å². The van der Waals surface area contributed by atoms with Gasteiger partial charge in [-0.1, -0.05) is 62.3 Å². The molecule has 2 aliphatic carbocycles. The Morgan fingerprint density at radius 2 is 1.74 bits per heavy atom. The van der Waals surface area contributed by atoms with Crippen LogP contribution in [0.15, 0.2) is 48.6 Å². The predicted octanol–water partition coefficient (Wildman–Crippen LogP) is 8.21. The number of nitriles is 1. The molecule has 3 nitrogen and oxygen atoms in total. The molecule has 0 N–H and O–H groups in total. The number of allylic oxidation sites excluding steroid dienone is 4. The van der Waals surface area contributed by atoms with Gasteiger partial charge in [0.1, 0.15) is 6.10 Å². The zero-order chi connectivity index (χ0) is 24.0. The van der Waals surface area contributed by atoms with Crippen LogP contribution in [0.2, 0.25) is 0 Å². The Bertz CT molecular complexity index is 816. The van der Waals surface area contributed by atoms with Crippen LogP contribution in [-0.2, 0) is 16.0 Å². The fourth-order valence-corrected chi connectivity index (χ4v) is 5.60. The van der Waals surface area contributed by atoms with Crippen molar-refractivity contribution < 1.29 is 9.53 Å². The zero-order valence-corrected chi connectivity index (χ0v) is 21.1. The molecule has 3 rings (SSSR count). The molecule has 0 unspecified atom stereocenters. The Morgan fingerprint density at radius 1 is 1.00 bits per heavy atom. The van der Waals surface area contributed by atoms with Crippen LogP contribution in [0, 0.1) is 23.2 Å². The van der Waals surface area contributed by atoms with Crippen LogP contribution >= 0.6 is 0 Å². The number of ether oxygens (including phenoxy) is 1. The van der Waals surface area contributed by atoms with Gasteiger partial charge in [-0.15, -0.1) is 0 Å². The maximum Gasteiger partial charge on any atom is 0.309 e. The molecule has 0 spiro atoms. The summed E-state index contributed by atoms with van der Waals surface area (Å²) in [7, 11) is 0. The van der Waals surface area contributed by atoms with E-state index >= 15 is 0 Å². The van der Waals surface area contributed by atoms with Crippen molar-refractivity contribution in [1.29, 1.82) is 5.26 Å². The number of hydrogen-bond donors (Lipinski definition) is 0. The lowest BCUT2D eigenvalue weighted by Crippen LogP contribution is -2.29. The first-order valence-electron chi connectivity index (χ1n) is 13.7. The molecular weight excluding hydrogens is 418 g/mol. The summed E-state index contributed by atoms with van der Waals surface area (Å²) in [6, 6.07) is 11.3. The van der Waals surface area contributed by atoms with E-state index in [1.165, 1.54) is 49.3 Å². The fourth-order valence-electron chi connectivity index (χ4n) is 5.60. The second kappa shape index (κ2) is 14.8. The van der Waals surface area contributed by atoms with E-state index in [4.69, 9.17) is 10.00 Å². The molecule has 0 saturated heterocycles. The van der Waals surface area contributed by atoms with Crippen LogP contribution < -0.4 is 0 Å². The van der Waals surface area contributed by atoms with Gasteiger partial charge in [0.25, 0.3) is 0 Å². The highest BCUT2D eigenvalue weighted by molar-refractivity contribution is 5.72. The molecule has 2 saturated carbocycles. The van der Waals surface area contributed by atoms with Crippen molar-refractivity contribution in [3.63, 3.8) is 0 Å². The van der Waals surface area contributed by atoms with E-state index < -0.39 is 0 Å². The molecule has 0 bridgehead atoms. The zero-order valence-electron chi connectivity index (χ0n) is 21.1. The second-order valence-corrected chi connectivity index (χ2v) is 10.3. The smallest absolute Gasteiger partial charge is 0.309 e. The van der Waals surface area contributed by atoms with Crippen molar-refractivity contribution in [2.75, 3.05) is 0 Å². The number of nitrogens with zero attached hydrogens (tertiary/aromatic N) is 1. The highest BCUT2D eigenvalue weighted by Gasteiger charge is 2.31. The Balaban J connectivity index is 1.32. The van der Waals surface area contributed by atoms with E-state index in [0.29, 0.717) is 5.92 Å². The molecule has 0 aromatic heterocycles. The maximum atomic E-state index is 12.8. The Labute approximate surface area is 207 Å². The number of hydrogen-bond acceptors (Lipinski definition) is 3. The third-order valence-electron chi connectivity index (χ3n) is 7.82. The number of aryl methyl sites for hydroxylation is 1. The first kappa shape index (κ1) is 26.3. The van der Waals surface area contributed by atoms with Crippen molar-refractivity contribution in [1.82, 2.24) is 0 Å². The van der Waals surface area contributed by atoms with Crippen LogP contribution in [0.25, 0.3) is 0 Å². The van der Waals surface area contributed by atoms with E-state index in [1.807, 2.05) is 12.1 Å². The van der Waals surface area contributed by atoms with Crippen LogP contribution in [0.4, 0.5) is 0 Å². The normalized spacial score (nSPS) is 25.4. The van der Waals surface area contributed by atoms with Gasteiger partial charge in [-0.05, 0) is 100 Å². The van der Waals surface area contributed by atoms with Gasteiger partial charge in [-0.3, -0.25) is 4.79 Å². The molecule has 0 atom stereocenters. The molecule has 2 fully saturated rings. The third kappa shape index (κ3) is 8.79. The van der Waals surface area contributed by atoms with Crippen molar-refractivity contribution in [2.24, 2.45) is 11.8 Å². The predicted molar refractivity (Wildman–Crippen MR) is 139 cm³/mol. The van der Waals surface area contributed by atoms with Crippen molar-refractivity contribution >= 4 is 5.97 Å². The molecule has 1 aromatic rings. The van der Waals surface area contributed by atoms with Crippen molar-refractivity contribution in [2.45, 2.75) is 109 Å².